The van der Waals surface area contributed by atoms with Crippen molar-refractivity contribution in [3.63, 3.8) is 0 Å². The summed E-state index contributed by atoms with van der Waals surface area (Å²) in [7, 11) is 1.98. The maximum atomic E-state index is 9.31. The predicted molar refractivity (Wildman–Crippen MR) is 82.0 cm³/mol. The van der Waals surface area contributed by atoms with Crippen molar-refractivity contribution < 1.29 is 0 Å². The molecule has 0 saturated carbocycles. The van der Waals surface area contributed by atoms with Gasteiger partial charge in [-0.2, -0.15) is 5.26 Å². The highest BCUT2D eigenvalue weighted by molar-refractivity contribution is 6.30. The molecule has 0 unspecified atom stereocenters. The van der Waals surface area contributed by atoms with Crippen molar-refractivity contribution in [2.75, 3.05) is 11.9 Å². The minimum atomic E-state index is 0.632. The van der Waals surface area contributed by atoms with E-state index in [-0.39, 0.29) is 0 Å². The summed E-state index contributed by atoms with van der Waals surface area (Å²) in [4.78, 5) is 6.40. The van der Waals surface area contributed by atoms with Gasteiger partial charge in [-0.1, -0.05) is 23.7 Å². The molecule has 4 heteroatoms. The molecule has 0 saturated heterocycles. The van der Waals surface area contributed by atoms with Gasteiger partial charge in [0, 0.05) is 24.3 Å². The Bertz CT molecular complexity index is 657. The topological polar surface area (TPSA) is 39.9 Å². The van der Waals surface area contributed by atoms with E-state index in [2.05, 4.69) is 16.0 Å². The van der Waals surface area contributed by atoms with Crippen molar-refractivity contribution in [2.24, 2.45) is 0 Å². The van der Waals surface area contributed by atoms with Gasteiger partial charge in [0.2, 0.25) is 0 Å². The van der Waals surface area contributed by atoms with Crippen LogP contribution in [0.3, 0.4) is 0 Å². The van der Waals surface area contributed by atoms with E-state index in [0.717, 1.165) is 34.2 Å². The van der Waals surface area contributed by atoms with Crippen LogP contribution < -0.4 is 4.90 Å². The molecule has 0 radical (unpaired) electrons. The van der Waals surface area contributed by atoms with Gasteiger partial charge in [0.1, 0.15) is 6.07 Å². The van der Waals surface area contributed by atoms with Crippen molar-refractivity contribution in [1.82, 2.24) is 4.98 Å². The van der Waals surface area contributed by atoms with Crippen molar-refractivity contribution in [2.45, 2.75) is 20.4 Å². The second-order valence-corrected chi connectivity index (χ2v) is 5.27. The van der Waals surface area contributed by atoms with E-state index in [1.54, 1.807) is 0 Å². The lowest BCUT2D eigenvalue weighted by atomic mass is 10.1. The highest BCUT2D eigenvalue weighted by Gasteiger charge is 2.12. The first-order chi connectivity index (χ1) is 9.51. The van der Waals surface area contributed by atoms with Gasteiger partial charge in [-0.3, -0.25) is 4.98 Å². The number of pyridine rings is 1. The fourth-order valence-electron chi connectivity index (χ4n) is 2.20. The van der Waals surface area contributed by atoms with Crippen molar-refractivity contribution in [1.29, 1.82) is 5.26 Å². The smallest absolute Gasteiger partial charge is 0.103 e. The predicted octanol–water partition coefficient (Wildman–Crippen LogP) is 3.86. The van der Waals surface area contributed by atoms with Crippen LogP contribution in [0.2, 0.25) is 5.02 Å². The molecule has 1 aromatic heterocycles. The van der Waals surface area contributed by atoms with E-state index in [0.29, 0.717) is 5.56 Å². The van der Waals surface area contributed by atoms with E-state index in [1.165, 1.54) is 0 Å². The van der Waals surface area contributed by atoms with Crippen LogP contribution in [0.1, 0.15) is 22.5 Å². The van der Waals surface area contributed by atoms with E-state index in [9.17, 15) is 5.26 Å². The van der Waals surface area contributed by atoms with Crippen LogP contribution in [-0.4, -0.2) is 12.0 Å². The van der Waals surface area contributed by atoms with Gasteiger partial charge in [-0.05, 0) is 37.6 Å². The first-order valence-corrected chi connectivity index (χ1v) is 6.73. The van der Waals surface area contributed by atoms with Crippen LogP contribution in [-0.2, 0) is 6.54 Å². The monoisotopic (exact) mass is 285 g/mol. The van der Waals surface area contributed by atoms with E-state index in [4.69, 9.17) is 11.6 Å². The molecule has 0 amide bonds. The Morgan fingerprint density at radius 3 is 2.50 bits per heavy atom. The molecule has 0 atom stereocenters. The fourth-order valence-corrected chi connectivity index (χ4v) is 2.32. The number of aromatic nitrogens is 1. The zero-order chi connectivity index (χ0) is 14.7. The lowest BCUT2D eigenvalue weighted by Gasteiger charge is -2.22. The van der Waals surface area contributed by atoms with E-state index >= 15 is 0 Å². The number of hydrogen-bond acceptors (Lipinski definition) is 3. The maximum Gasteiger partial charge on any atom is 0.103 e. The minimum Gasteiger partial charge on any atom is -0.369 e. The Morgan fingerprint density at radius 2 is 1.90 bits per heavy atom. The minimum absolute atomic E-state index is 0.632. The normalized spacial score (nSPS) is 10.2. The summed E-state index contributed by atoms with van der Waals surface area (Å²) >= 11 is 5.89. The molecule has 1 heterocycles. The summed E-state index contributed by atoms with van der Waals surface area (Å²) in [6.45, 7) is 4.52. The molecule has 0 fully saturated rings. The Hall–Kier alpha value is -2.05. The number of nitriles is 1. The average Bonchev–Trinajstić information content (AvgIpc) is 2.40. The molecule has 3 nitrogen and oxygen atoms in total. The first-order valence-electron chi connectivity index (χ1n) is 6.35. The lowest BCUT2D eigenvalue weighted by Crippen LogP contribution is -2.18. The Morgan fingerprint density at radius 1 is 1.25 bits per heavy atom. The van der Waals surface area contributed by atoms with Crippen molar-refractivity contribution in [3.8, 4) is 6.07 Å². The summed E-state index contributed by atoms with van der Waals surface area (Å²) in [5.74, 6) is 0. The third-order valence-corrected chi connectivity index (χ3v) is 3.42. The molecule has 102 valence electrons. The third-order valence-electron chi connectivity index (χ3n) is 3.16. The summed E-state index contributed by atoms with van der Waals surface area (Å²) in [6.07, 6.45) is 0. The third kappa shape index (κ3) is 3.09. The lowest BCUT2D eigenvalue weighted by molar-refractivity contribution is 0.911. The SMILES string of the molecule is Cc1cc(N(C)Cc2ccc(Cl)cc2)c(C#N)c(C)n1. The zero-order valence-corrected chi connectivity index (χ0v) is 12.6. The standard InChI is InChI=1S/C16H16ClN3/c1-11-8-16(15(9-18)12(2)19-11)20(3)10-13-4-6-14(17)7-5-13/h4-8H,10H2,1-3H3. The molecule has 20 heavy (non-hydrogen) atoms. The van der Waals surface area contributed by atoms with Gasteiger partial charge >= 0.3 is 0 Å². The molecular formula is C16H16ClN3. The average molecular weight is 286 g/mol. The molecule has 0 aliphatic rings. The van der Waals surface area contributed by atoms with Crippen LogP contribution in [0, 0.1) is 25.2 Å². The molecule has 0 spiro atoms. The highest BCUT2D eigenvalue weighted by atomic mass is 35.5. The van der Waals surface area contributed by atoms with E-state index in [1.807, 2.05) is 51.2 Å². The summed E-state index contributed by atoms with van der Waals surface area (Å²) in [6, 6.07) is 11.9. The van der Waals surface area contributed by atoms with Crippen LogP contribution in [0.4, 0.5) is 5.69 Å². The molecule has 0 N–H and O–H groups in total. The van der Waals surface area contributed by atoms with Gasteiger partial charge in [-0.25, -0.2) is 0 Å². The highest BCUT2D eigenvalue weighted by Crippen LogP contribution is 2.24. The number of nitrogens with zero attached hydrogens (tertiary/aromatic N) is 3. The molecule has 2 rings (SSSR count). The zero-order valence-electron chi connectivity index (χ0n) is 11.8. The van der Waals surface area contributed by atoms with Gasteiger partial charge < -0.3 is 4.90 Å². The molecule has 2 aromatic rings. The summed E-state index contributed by atoms with van der Waals surface area (Å²) in [5, 5.41) is 10.0. The van der Waals surface area contributed by atoms with Crippen LogP contribution in [0.25, 0.3) is 0 Å². The van der Waals surface area contributed by atoms with Gasteiger partial charge in [0.15, 0.2) is 0 Å². The Balaban J connectivity index is 2.32. The van der Waals surface area contributed by atoms with E-state index < -0.39 is 0 Å². The summed E-state index contributed by atoms with van der Waals surface area (Å²) < 4.78 is 0. The number of aryl methyl sites for hydroxylation is 2. The molecule has 0 aliphatic carbocycles. The number of benzene rings is 1. The van der Waals surface area contributed by atoms with Gasteiger partial charge in [0.05, 0.1) is 16.9 Å². The van der Waals surface area contributed by atoms with Gasteiger partial charge in [-0.15, -0.1) is 0 Å². The molecule has 1 aromatic carbocycles. The molecule has 0 bridgehead atoms. The Labute approximate surface area is 124 Å². The van der Waals surface area contributed by atoms with Gasteiger partial charge in [0.25, 0.3) is 0 Å². The second-order valence-electron chi connectivity index (χ2n) is 4.84. The maximum absolute atomic E-state index is 9.31. The quantitative estimate of drug-likeness (QED) is 0.860. The largest absolute Gasteiger partial charge is 0.369 e. The number of rotatable bonds is 3. The number of hydrogen-bond donors (Lipinski definition) is 0. The fraction of sp³-hybridized carbons (Fsp3) is 0.250. The Kier molecular flexibility index (Phi) is 4.26. The molecule has 0 aliphatic heterocycles. The van der Waals surface area contributed by atoms with Crippen LogP contribution in [0.15, 0.2) is 30.3 Å². The second kappa shape index (κ2) is 5.94. The number of halogens is 1. The van der Waals surface area contributed by atoms with Crippen LogP contribution >= 0.6 is 11.6 Å². The van der Waals surface area contributed by atoms with Crippen LogP contribution in [0.5, 0.6) is 0 Å². The van der Waals surface area contributed by atoms with Crippen molar-refractivity contribution >= 4 is 17.3 Å². The number of anilines is 1. The summed E-state index contributed by atoms with van der Waals surface area (Å²) in [5.41, 5.74) is 4.37. The van der Waals surface area contributed by atoms with Crippen molar-refractivity contribution in [3.05, 3.63) is 57.9 Å². The molecular weight excluding hydrogens is 270 g/mol. The first kappa shape index (κ1) is 14.4.